The predicted octanol–water partition coefficient (Wildman–Crippen LogP) is 1.46. The summed E-state index contributed by atoms with van der Waals surface area (Å²) >= 11 is 0. The Kier molecular flexibility index (Phi) is 4.02. The summed E-state index contributed by atoms with van der Waals surface area (Å²) in [6.07, 6.45) is 4.14. The minimum atomic E-state index is 0.364. The fourth-order valence-corrected chi connectivity index (χ4v) is 1.65. The number of nitrogens with zero attached hydrogens (tertiary/aromatic N) is 1. The molecule has 0 spiro atoms. The van der Waals surface area contributed by atoms with E-state index in [1.165, 1.54) is 32.4 Å². The fraction of sp³-hybridized carbons (Fsp3) is 1.00. The van der Waals surface area contributed by atoms with Crippen LogP contribution in [-0.2, 0) is 0 Å². The molecule has 0 aromatic heterocycles. The van der Waals surface area contributed by atoms with Gasteiger partial charge >= 0.3 is 0 Å². The Morgan fingerprint density at radius 1 is 1.17 bits per heavy atom. The summed E-state index contributed by atoms with van der Waals surface area (Å²) in [7, 11) is 0. The van der Waals surface area contributed by atoms with Gasteiger partial charge in [-0.05, 0) is 31.8 Å². The van der Waals surface area contributed by atoms with Gasteiger partial charge in [-0.15, -0.1) is 0 Å². The lowest BCUT2D eigenvalue weighted by Crippen LogP contribution is -2.42. The second-order valence-electron chi connectivity index (χ2n) is 4.27. The van der Waals surface area contributed by atoms with Crippen molar-refractivity contribution < 1.29 is 0 Å². The highest BCUT2D eigenvalue weighted by molar-refractivity contribution is 4.73. The average Bonchev–Trinajstić information content (AvgIpc) is 2.06. The third kappa shape index (κ3) is 3.11. The molecule has 1 aliphatic rings. The first-order valence-corrected chi connectivity index (χ1v) is 5.18. The predicted molar refractivity (Wildman–Crippen MR) is 53.1 cm³/mol. The van der Waals surface area contributed by atoms with Crippen LogP contribution in [0.4, 0.5) is 0 Å². The minimum absolute atomic E-state index is 0.364. The van der Waals surface area contributed by atoms with Gasteiger partial charge in [0.05, 0.1) is 0 Å². The standard InChI is InChI=1S/C10H22N2/c1-9(2)10(11)8-12-6-4-3-5-7-12/h9-10H,3-8,11H2,1-2H3/t10-/m1/s1. The maximum Gasteiger partial charge on any atom is 0.0191 e. The third-order valence-electron chi connectivity index (χ3n) is 2.77. The van der Waals surface area contributed by atoms with Gasteiger partial charge in [0.15, 0.2) is 0 Å². The summed E-state index contributed by atoms with van der Waals surface area (Å²) in [4.78, 5) is 2.51. The molecule has 2 nitrogen and oxygen atoms in total. The average molecular weight is 170 g/mol. The van der Waals surface area contributed by atoms with Crippen LogP contribution in [0.3, 0.4) is 0 Å². The molecule has 2 heteroatoms. The largest absolute Gasteiger partial charge is 0.326 e. The lowest BCUT2D eigenvalue weighted by atomic mass is 10.0. The molecule has 1 rings (SSSR count). The van der Waals surface area contributed by atoms with E-state index in [9.17, 15) is 0 Å². The normalized spacial score (nSPS) is 23.0. The van der Waals surface area contributed by atoms with Gasteiger partial charge in [0, 0.05) is 12.6 Å². The first-order valence-electron chi connectivity index (χ1n) is 5.18. The van der Waals surface area contributed by atoms with E-state index in [0.29, 0.717) is 12.0 Å². The lowest BCUT2D eigenvalue weighted by Gasteiger charge is -2.30. The number of rotatable bonds is 3. The van der Waals surface area contributed by atoms with E-state index in [-0.39, 0.29) is 0 Å². The minimum Gasteiger partial charge on any atom is -0.326 e. The molecule has 0 saturated carbocycles. The summed E-state index contributed by atoms with van der Waals surface area (Å²) in [5.41, 5.74) is 6.01. The Bertz CT molecular complexity index is 117. The van der Waals surface area contributed by atoms with Crippen molar-refractivity contribution in [3.05, 3.63) is 0 Å². The van der Waals surface area contributed by atoms with Crippen LogP contribution in [0.15, 0.2) is 0 Å². The molecule has 2 N–H and O–H groups in total. The van der Waals surface area contributed by atoms with Crippen molar-refractivity contribution in [3.8, 4) is 0 Å². The highest BCUT2D eigenvalue weighted by atomic mass is 15.1. The molecule has 0 unspecified atom stereocenters. The lowest BCUT2D eigenvalue weighted by molar-refractivity contribution is 0.202. The van der Waals surface area contributed by atoms with Crippen molar-refractivity contribution >= 4 is 0 Å². The molecule has 1 atom stereocenters. The summed E-state index contributed by atoms with van der Waals surface area (Å²) in [5, 5.41) is 0. The number of likely N-dealkylation sites (tertiary alicyclic amines) is 1. The highest BCUT2D eigenvalue weighted by Gasteiger charge is 2.15. The molecule has 1 heterocycles. The van der Waals surface area contributed by atoms with Crippen LogP contribution in [0.5, 0.6) is 0 Å². The first-order chi connectivity index (χ1) is 5.70. The Labute approximate surface area is 76.1 Å². The van der Waals surface area contributed by atoms with Gasteiger partial charge in [-0.2, -0.15) is 0 Å². The van der Waals surface area contributed by atoms with E-state index in [4.69, 9.17) is 5.73 Å². The van der Waals surface area contributed by atoms with Crippen molar-refractivity contribution in [1.82, 2.24) is 4.90 Å². The van der Waals surface area contributed by atoms with Crippen LogP contribution in [0, 0.1) is 5.92 Å². The van der Waals surface area contributed by atoms with Crippen LogP contribution in [0.1, 0.15) is 33.1 Å². The van der Waals surface area contributed by atoms with Crippen molar-refractivity contribution in [2.24, 2.45) is 11.7 Å². The van der Waals surface area contributed by atoms with E-state index in [1.807, 2.05) is 0 Å². The van der Waals surface area contributed by atoms with Gasteiger partial charge < -0.3 is 10.6 Å². The van der Waals surface area contributed by atoms with Crippen molar-refractivity contribution in [1.29, 1.82) is 0 Å². The summed E-state index contributed by atoms with van der Waals surface area (Å²) in [6, 6.07) is 0.364. The fourth-order valence-electron chi connectivity index (χ4n) is 1.65. The van der Waals surface area contributed by atoms with Crippen LogP contribution in [-0.4, -0.2) is 30.6 Å². The number of piperidine rings is 1. The van der Waals surface area contributed by atoms with E-state index >= 15 is 0 Å². The molecule has 0 aliphatic carbocycles. The number of nitrogens with two attached hydrogens (primary N) is 1. The first kappa shape index (κ1) is 10.0. The number of hydrogen-bond donors (Lipinski definition) is 1. The van der Waals surface area contributed by atoms with Crippen LogP contribution < -0.4 is 5.73 Å². The van der Waals surface area contributed by atoms with Crippen molar-refractivity contribution in [2.75, 3.05) is 19.6 Å². The second kappa shape index (κ2) is 4.83. The van der Waals surface area contributed by atoms with Gasteiger partial charge in [-0.1, -0.05) is 20.3 Å². The molecular formula is C10H22N2. The van der Waals surface area contributed by atoms with E-state index in [1.54, 1.807) is 0 Å². The molecule has 12 heavy (non-hydrogen) atoms. The van der Waals surface area contributed by atoms with E-state index in [0.717, 1.165) is 6.54 Å². The Hall–Kier alpha value is -0.0800. The maximum atomic E-state index is 6.01. The molecule has 1 aliphatic heterocycles. The van der Waals surface area contributed by atoms with Crippen molar-refractivity contribution in [3.63, 3.8) is 0 Å². The zero-order valence-electron chi connectivity index (χ0n) is 8.42. The quantitative estimate of drug-likeness (QED) is 0.694. The molecule has 72 valence electrons. The van der Waals surface area contributed by atoms with Gasteiger partial charge in [0.25, 0.3) is 0 Å². The van der Waals surface area contributed by atoms with Gasteiger partial charge in [-0.25, -0.2) is 0 Å². The summed E-state index contributed by atoms with van der Waals surface area (Å²) in [5.74, 6) is 0.618. The molecule has 0 aromatic rings. The zero-order valence-corrected chi connectivity index (χ0v) is 8.42. The molecule has 0 amide bonds. The van der Waals surface area contributed by atoms with E-state index < -0.39 is 0 Å². The van der Waals surface area contributed by atoms with Gasteiger partial charge in [0.2, 0.25) is 0 Å². The van der Waals surface area contributed by atoms with Crippen LogP contribution >= 0.6 is 0 Å². The zero-order chi connectivity index (χ0) is 8.97. The molecular weight excluding hydrogens is 148 g/mol. The smallest absolute Gasteiger partial charge is 0.0191 e. The SMILES string of the molecule is CC(C)[C@H](N)CN1CCCCC1. The molecule has 0 aromatic carbocycles. The molecule has 1 fully saturated rings. The molecule has 1 saturated heterocycles. The summed E-state index contributed by atoms with van der Waals surface area (Å²) < 4.78 is 0. The monoisotopic (exact) mass is 170 g/mol. The van der Waals surface area contributed by atoms with Crippen LogP contribution in [0.25, 0.3) is 0 Å². The highest BCUT2D eigenvalue weighted by Crippen LogP contribution is 2.10. The second-order valence-corrected chi connectivity index (χ2v) is 4.27. The van der Waals surface area contributed by atoms with Gasteiger partial charge in [-0.3, -0.25) is 0 Å². The third-order valence-corrected chi connectivity index (χ3v) is 2.77. The van der Waals surface area contributed by atoms with Gasteiger partial charge in [0.1, 0.15) is 0 Å². The topological polar surface area (TPSA) is 29.3 Å². The summed E-state index contributed by atoms with van der Waals surface area (Å²) in [6.45, 7) is 8.03. The number of hydrogen-bond acceptors (Lipinski definition) is 2. The maximum absolute atomic E-state index is 6.01. The van der Waals surface area contributed by atoms with Crippen LogP contribution in [0.2, 0.25) is 0 Å². The Morgan fingerprint density at radius 2 is 1.75 bits per heavy atom. The Morgan fingerprint density at radius 3 is 2.25 bits per heavy atom. The molecule has 0 radical (unpaired) electrons. The van der Waals surface area contributed by atoms with Crippen molar-refractivity contribution in [2.45, 2.75) is 39.2 Å². The van der Waals surface area contributed by atoms with E-state index in [2.05, 4.69) is 18.7 Å². The molecule has 0 bridgehead atoms. The Balaban J connectivity index is 2.20.